The van der Waals surface area contributed by atoms with E-state index in [1.54, 1.807) is 6.07 Å². The van der Waals surface area contributed by atoms with Crippen molar-refractivity contribution < 1.29 is 19.2 Å². The fourth-order valence-corrected chi connectivity index (χ4v) is 2.43. The van der Waals surface area contributed by atoms with Gasteiger partial charge in [0.05, 0.1) is 20.1 Å². The highest BCUT2D eigenvalue weighted by Gasteiger charge is 2.27. The summed E-state index contributed by atoms with van der Waals surface area (Å²) in [6, 6.07) is 7.34. The lowest BCUT2D eigenvalue weighted by Gasteiger charge is -2.25. The van der Waals surface area contributed by atoms with E-state index in [1.807, 2.05) is 18.2 Å². The molecule has 0 unspecified atom stereocenters. The van der Waals surface area contributed by atoms with Crippen LogP contribution in [0.1, 0.15) is 12.8 Å². The molecule has 3 rings (SSSR count). The Labute approximate surface area is 123 Å². The minimum atomic E-state index is -0.652. The number of benzene rings is 1. The molecule has 112 valence electrons. The molecule has 2 heterocycles. The minimum Gasteiger partial charge on any atom is -0.485 e. The van der Waals surface area contributed by atoms with Crippen LogP contribution in [0.15, 0.2) is 29.4 Å². The maximum atomic E-state index is 12.1. The molecule has 1 aromatic carbocycles. The van der Waals surface area contributed by atoms with Gasteiger partial charge in [-0.15, -0.1) is 0 Å². The molecule has 0 spiro atoms. The van der Waals surface area contributed by atoms with Gasteiger partial charge in [-0.25, -0.2) is 5.43 Å². The molecule has 2 N–H and O–H groups in total. The van der Waals surface area contributed by atoms with E-state index in [0.717, 1.165) is 31.6 Å². The van der Waals surface area contributed by atoms with Gasteiger partial charge in [-0.2, -0.15) is 5.10 Å². The number of piperidine rings is 1. The fraction of sp³-hybridized carbons (Fsp3) is 0.467. The summed E-state index contributed by atoms with van der Waals surface area (Å²) in [5.74, 6) is 1.01. The van der Waals surface area contributed by atoms with Crippen LogP contribution >= 0.6 is 0 Å². The van der Waals surface area contributed by atoms with Crippen molar-refractivity contribution in [3.8, 4) is 11.5 Å². The number of amides is 1. The van der Waals surface area contributed by atoms with Gasteiger partial charge in [0.25, 0.3) is 5.91 Å². The standard InChI is InChI=1S/C15H19N3O3/c1-18-8-6-11(7-9-18)16-17-15(19)14-10-20-12-4-2-3-5-13(12)21-14/h2-5,14H,6-10H2,1H3,(H,17,19)/p+1/t14-/m1/s1. The van der Waals surface area contributed by atoms with Crippen molar-refractivity contribution >= 4 is 11.6 Å². The average Bonchev–Trinajstić information content (AvgIpc) is 2.53. The molecule has 1 aromatic rings. The number of hydrogen-bond donors (Lipinski definition) is 2. The summed E-state index contributed by atoms with van der Waals surface area (Å²) in [7, 11) is 2.17. The number of carbonyl (C=O) groups is 1. The zero-order valence-electron chi connectivity index (χ0n) is 12.1. The highest BCUT2D eigenvalue weighted by molar-refractivity contribution is 5.88. The van der Waals surface area contributed by atoms with Gasteiger partial charge in [0.1, 0.15) is 6.61 Å². The van der Waals surface area contributed by atoms with Gasteiger partial charge in [-0.05, 0) is 12.1 Å². The van der Waals surface area contributed by atoms with Crippen LogP contribution < -0.4 is 19.8 Å². The zero-order valence-corrected chi connectivity index (χ0v) is 12.1. The Hall–Kier alpha value is -2.08. The van der Waals surface area contributed by atoms with Crippen molar-refractivity contribution in [3.05, 3.63) is 24.3 Å². The van der Waals surface area contributed by atoms with E-state index >= 15 is 0 Å². The van der Waals surface area contributed by atoms with E-state index in [2.05, 4.69) is 17.6 Å². The third-order valence-electron chi connectivity index (χ3n) is 3.81. The summed E-state index contributed by atoms with van der Waals surface area (Å²) >= 11 is 0. The molecular formula is C15H20N3O3+. The summed E-state index contributed by atoms with van der Waals surface area (Å²) in [6.45, 7) is 2.33. The van der Waals surface area contributed by atoms with Crippen LogP contribution in [0.25, 0.3) is 0 Å². The number of hydrogen-bond acceptors (Lipinski definition) is 4. The quantitative estimate of drug-likeness (QED) is 0.729. The lowest BCUT2D eigenvalue weighted by molar-refractivity contribution is -0.880. The zero-order chi connectivity index (χ0) is 14.7. The summed E-state index contributed by atoms with van der Waals surface area (Å²) in [5, 5.41) is 4.22. The van der Waals surface area contributed by atoms with Crippen molar-refractivity contribution in [2.75, 3.05) is 26.7 Å². The molecule has 21 heavy (non-hydrogen) atoms. The molecule has 1 amide bonds. The molecule has 0 aromatic heterocycles. The first-order valence-corrected chi connectivity index (χ1v) is 7.27. The topological polar surface area (TPSA) is 64.4 Å². The normalized spacial score (nSPS) is 24.3. The van der Waals surface area contributed by atoms with E-state index in [1.165, 1.54) is 4.90 Å². The van der Waals surface area contributed by atoms with E-state index in [0.29, 0.717) is 11.5 Å². The number of likely N-dealkylation sites (tertiary alicyclic amines) is 1. The lowest BCUT2D eigenvalue weighted by atomic mass is 10.1. The van der Waals surface area contributed by atoms with Crippen LogP contribution in [-0.2, 0) is 4.79 Å². The van der Waals surface area contributed by atoms with Gasteiger partial charge >= 0.3 is 0 Å². The van der Waals surface area contributed by atoms with Gasteiger partial charge in [0.15, 0.2) is 11.5 Å². The maximum Gasteiger partial charge on any atom is 0.284 e. The molecule has 0 radical (unpaired) electrons. The number of ether oxygens (including phenoxy) is 2. The second kappa shape index (κ2) is 6.13. The van der Waals surface area contributed by atoms with Crippen LogP contribution in [0.4, 0.5) is 0 Å². The van der Waals surface area contributed by atoms with Gasteiger partial charge in [0.2, 0.25) is 6.10 Å². The molecule has 6 heteroatoms. The number of nitrogens with zero attached hydrogens (tertiary/aromatic N) is 1. The Morgan fingerprint density at radius 1 is 1.29 bits per heavy atom. The highest BCUT2D eigenvalue weighted by atomic mass is 16.6. The Morgan fingerprint density at radius 3 is 2.76 bits per heavy atom. The van der Waals surface area contributed by atoms with E-state index in [-0.39, 0.29) is 12.5 Å². The molecule has 2 aliphatic heterocycles. The van der Waals surface area contributed by atoms with E-state index in [4.69, 9.17) is 9.47 Å². The minimum absolute atomic E-state index is 0.209. The number of hydrazone groups is 1. The van der Waals surface area contributed by atoms with Gasteiger partial charge in [-0.3, -0.25) is 4.79 Å². The third kappa shape index (κ3) is 3.33. The van der Waals surface area contributed by atoms with Gasteiger partial charge < -0.3 is 14.4 Å². The van der Waals surface area contributed by atoms with Gasteiger partial charge in [-0.1, -0.05) is 12.1 Å². The third-order valence-corrected chi connectivity index (χ3v) is 3.81. The van der Waals surface area contributed by atoms with Crippen molar-refractivity contribution in [1.82, 2.24) is 5.43 Å². The predicted octanol–water partition coefficient (Wildman–Crippen LogP) is -0.393. The number of rotatable bonds is 2. The van der Waals surface area contributed by atoms with Crippen LogP contribution in [0.3, 0.4) is 0 Å². The van der Waals surface area contributed by atoms with Crippen molar-refractivity contribution in [3.63, 3.8) is 0 Å². The van der Waals surface area contributed by atoms with Crippen molar-refractivity contribution in [1.29, 1.82) is 0 Å². The van der Waals surface area contributed by atoms with Crippen LogP contribution in [-0.4, -0.2) is 44.5 Å². The first kappa shape index (κ1) is 13.9. The second-order valence-corrected chi connectivity index (χ2v) is 5.48. The number of quaternary nitrogens is 1. The lowest BCUT2D eigenvalue weighted by Crippen LogP contribution is -3.10. The summed E-state index contributed by atoms with van der Waals surface area (Å²) in [5.41, 5.74) is 3.65. The largest absolute Gasteiger partial charge is 0.485 e. The molecule has 1 saturated heterocycles. The van der Waals surface area contributed by atoms with Gasteiger partial charge in [0, 0.05) is 18.6 Å². The Bertz CT molecular complexity index is 549. The highest BCUT2D eigenvalue weighted by Crippen LogP contribution is 2.30. The number of nitrogens with one attached hydrogen (secondary N) is 2. The van der Waals surface area contributed by atoms with E-state index in [9.17, 15) is 4.79 Å². The summed E-state index contributed by atoms with van der Waals surface area (Å²) < 4.78 is 11.2. The van der Waals surface area contributed by atoms with Crippen molar-refractivity contribution in [2.24, 2.45) is 5.10 Å². The predicted molar refractivity (Wildman–Crippen MR) is 77.8 cm³/mol. The van der Waals surface area contributed by atoms with E-state index < -0.39 is 6.10 Å². The number of fused-ring (bicyclic) bond motifs is 1. The monoisotopic (exact) mass is 290 g/mol. The number of carbonyl (C=O) groups excluding carboxylic acids is 1. The molecule has 2 aliphatic rings. The number of para-hydroxylation sites is 2. The molecule has 1 atom stereocenters. The molecule has 0 aliphatic carbocycles. The van der Waals surface area contributed by atoms with Crippen molar-refractivity contribution in [2.45, 2.75) is 18.9 Å². The smallest absolute Gasteiger partial charge is 0.284 e. The SMILES string of the molecule is C[NH+]1CCC(=NNC(=O)[C@H]2COc3ccccc3O2)CC1. The second-order valence-electron chi connectivity index (χ2n) is 5.48. The fourth-order valence-electron chi connectivity index (χ4n) is 2.43. The Kier molecular flexibility index (Phi) is 4.06. The molecule has 0 saturated carbocycles. The first-order chi connectivity index (χ1) is 10.2. The molecule has 6 nitrogen and oxygen atoms in total. The Balaban J connectivity index is 1.56. The maximum absolute atomic E-state index is 12.1. The first-order valence-electron chi connectivity index (χ1n) is 7.27. The van der Waals surface area contributed by atoms with Crippen LogP contribution in [0, 0.1) is 0 Å². The molecule has 1 fully saturated rings. The van der Waals surface area contributed by atoms with Crippen LogP contribution in [0.5, 0.6) is 11.5 Å². The molecule has 0 bridgehead atoms. The Morgan fingerprint density at radius 2 is 2.00 bits per heavy atom. The van der Waals surface area contributed by atoms with Crippen LogP contribution in [0.2, 0.25) is 0 Å². The summed E-state index contributed by atoms with van der Waals surface area (Å²) in [6.07, 6.45) is 1.20. The average molecular weight is 290 g/mol. The molecular weight excluding hydrogens is 270 g/mol. The summed E-state index contributed by atoms with van der Waals surface area (Å²) in [4.78, 5) is 13.6.